The number of aryl methyl sites for hydroxylation is 1. The largest absolute Gasteiger partial charge is 0.464 e. The van der Waals surface area contributed by atoms with Crippen LogP contribution >= 0.6 is 11.3 Å². The Morgan fingerprint density at radius 2 is 2.28 bits per heavy atom. The first-order valence-electron chi connectivity index (χ1n) is 6.46. The average Bonchev–Trinajstić information content (AvgIpc) is 2.69. The van der Waals surface area contributed by atoms with E-state index < -0.39 is 0 Å². The highest BCUT2D eigenvalue weighted by atomic mass is 32.1. The highest BCUT2D eigenvalue weighted by molar-refractivity contribution is 7.15. The van der Waals surface area contributed by atoms with E-state index in [1.807, 2.05) is 6.92 Å². The minimum absolute atomic E-state index is 0.338. The minimum Gasteiger partial charge on any atom is -0.464 e. The lowest BCUT2D eigenvalue weighted by Gasteiger charge is -2.31. The van der Waals surface area contributed by atoms with Gasteiger partial charge in [-0.2, -0.15) is 0 Å². The molecule has 5 heteroatoms. The van der Waals surface area contributed by atoms with Gasteiger partial charge in [-0.05, 0) is 32.6 Å². The van der Waals surface area contributed by atoms with Gasteiger partial charge in [0.15, 0.2) is 10.8 Å². The Bertz CT molecular complexity index is 427. The Morgan fingerprint density at radius 1 is 1.56 bits per heavy atom. The fraction of sp³-hybridized carbons (Fsp3) is 0.692. The fourth-order valence-electron chi connectivity index (χ4n) is 2.13. The number of aromatic nitrogens is 1. The third-order valence-electron chi connectivity index (χ3n) is 3.52. The summed E-state index contributed by atoms with van der Waals surface area (Å²) in [5.41, 5.74) is 0.463. The number of methoxy groups -OCH3 is 1. The molecule has 1 aromatic heterocycles. The molecule has 0 saturated heterocycles. The Balaban J connectivity index is 2.12. The molecular formula is C13H20N2O2S. The van der Waals surface area contributed by atoms with Gasteiger partial charge in [0, 0.05) is 18.0 Å². The molecule has 1 aliphatic carbocycles. The minimum atomic E-state index is -0.338. The normalized spacial score (nSPS) is 15.3. The predicted molar refractivity (Wildman–Crippen MR) is 73.4 cm³/mol. The lowest BCUT2D eigenvalue weighted by Crippen LogP contribution is -2.32. The summed E-state index contributed by atoms with van der Waals surface area (Å²) in [6, 6.07) is 0. The van der Waals surface area contributed by atoms with E-state index in [9.17, 15) is 4.79 Å². The second kappa shape index (κ2) is 5.69. The predicted octanol–water partition coefficient (Wildman–Crippen LogP) is 2.86. The van der Waals surface area contributed by atoms with Crippen molar-refractivity contribution >= 4 is 22.4 Å². The van der Waals surface area contributed by atoms with E-state index >= 15 is 0 Å². The van der Waals surface area contributed by atoms with Crippen LogP contribution in [0.3, 0.4) is 0 Å². The van der Waals surface area contributed by atoms with Crippen LogP contribution in [-0.2, 0) is 4.74 Å². The quantitative estimate of drug-likeness (QED) is 0.770. The zero-order valence-electron chi connectivity index (χ0n) is 11.2. The van der Waals surface area contributed by atoms with Gasteiger partial charge < -0.3 is 9.64 Å². The van der Waals surface area contributed by atoms with Gasteiger partial charge in [0.2, 0.25) is 0 Å². The second-order valence-electron chi connectivity index (χ2n) is 4.73. The molecule has 0 aromatic carbocycles. The van der Waals surface area contributed by atoms with Gasteiger partial charge in [-0.15, -0.1) is 11.3 Å². The first-order valence-corrected chi connectivity index (χ1v) is 7.28. The number of carbonyl (C=O) groups is 1. The highest BCUT2D eigenvalue weighted by Gasteiger charge is 2.23. The molecule has 18 heavy (non-hydrogen) atoms. The molecule has 0 atom stereocenters. The van der Waals surface area contributed by atoms with Crippen molar-refractivity contribution in [2.75, 3.05) is 25.1 Å². The first kappa shape index (κ1) is 13.3. The summed E-state index contributed by atoms with van der Waals surface area (Å²) >= 11 is 1.58. The summed E-state index contributed by atoms with van der Waals surface area (Å²) in [7, 11) is 1.40. The van der Waals surface area contributed by atoms with Crippen LogP contribution in [0, 0.1) is 12.8 Å². The third-order valence-corrected chi connectivity index (χ3v) is 4.55. The number of rotatable bonds is 5. The standard InChI is InChI=1S/C13H20N2O2S/c1-4-15(8-10-6-5-7-10)13-14-11(9(2)18-13)12(16)17-3/h10H,4-8H2,1-3H3. The number of nitrogens with zero attached hydrogens (tertiary/aromatic N) is 2. The summed E-state index contributed by atoms with van der Waals surface area (Å²) in [5.74, 6) is 0.463. The molecule has 0 N–H and O–H groups in total. The van der Waals surface area contributed by atoms with Crippen LogP contribution in [0.2, 0.25) is 0 Å². The lowest BCUT2D eigenvalue weighted by atomic mass is 9.85. The Kier molecular flexibility index (Phi) is 4.22. The molecule has 1 heterocycles. The van der Waals surface area contributed by atoms with Gasteiger partial charge in [-0.1, -0.05) is 6.42 Å². The third kappa shape index (κ3) is 2.66. The molecule has 0 radical (unpaired) electrons. The lowest BCUT2D eigenvalue weighted by molar-refractivity contribution is 0.0594. The van der Waals surface area contributed by atoms with E-state index in [2.05, 4.69) is 16.8 Å². The molecule has 0 spiro atoms. The monoisotopic (exact) mass is 268 g/mol. The van der Waals surface area contributed by atoms with Crippen LogP contribution in [0.15, 0.2) is 0 Å². The van der Waals surface area contributed by atoms with Crippen LogP contribution in [0.5, 0.6) is 0 Å². The van der Waals surface area contributed by atoms with E-state index in [1.54, 1.807) is 11.3 Å². The number of thiazole rings is 1. The van der Waals surface area contributed by atoms with Crippen LogP contribution < -0.4 is 4.90 Å². The number of esters is 1. The SMILES string of the molecule is CCN(CC1CCC1)c1nc(C(=O)OC)c(C)s1. The number of hydrogen-bond acceptors (Lipinski definition) is 5. The molecule has 0 bridgehead atoms. The smallest absolute Gasteiger partial charge is 0.357 e. The molecule has 1 aromatic rings. The van der Waals surface area contributed by atoms with E-state index in [1.165, 1.54) is 26.4 Å². The maximum absolute atomic E-state index is 11.6. The number of ether oxygens (including phenoxy) is 1. The molecule has 1 saturated carbocycles. The summed E-state index contributed by atoms with van der Waals surface area (Å²) in [6.45, 7) is 6.05. The first-order chi connectivity index (χ1) is 8.65. The van der Waals surface area contributed by atoms with Crippen molar-refractivity contribution in [3.05, 3.63) is 10.6 Å². The zero-order valence-corrected chi connectivity index (χ0v) is 12.0. The fourth-order valence-corrected chi connectivity index (χ4v) is 3.10. The zero-order chi connectivity index (χ0) is 13.1. The topological polar surface area (TPSA) is 42.4 Å². The van der Waals surface area contributed by atoms with Crippen LogP contribution in [0.1, 0.15) is 41.6 Å². The summed E-state index contributed by atoms with van der Waals surface area (Å²) in [5, 5.41) is 0.947. The van der Waals surface area contributed by atoms with Gasteiger partial charge in [0.1, 0.15) is 0 Å². The maximum atomic E-state index is 11.6. The van der Waals surface area contributed by atoms with Gasteiger partial charge in [-0.3, -0.25) is 0 Å². The van der Waals surface area contributed by atoms with E-state index in [-0.39, 0.29) is 5.97 Å². The van der Waals surface area contributed by atoms with Gasteiger partial charge in [0.25, 0.3) is 0 Å². The van der Waals surface area contributed by atoms with E-state index in [0.717, 1.165) is 29.0 Å². The molecule has 4 nitrogen and oxygen atoms in total. The van der Waals surface area contributed by atoms with Crippen molar-refractivity contribution in [1.82, 2.24) is 4.98 Å². The molecule has 2 rings (SSSR count). The number of anilines is 1. The molecular weight excluding hydrogens is 248 g/mol. The van der Waals surface area contributed by atoms with Crippen molar-refractivity contribution < 1.29 is 9.53 Å². The molecule has 0 amide bonds. The summed E-state index contributed by atoms with van der Waals surface area (Å²) in [4.78, 5) is 19.2. The number of carbonyl (C=O) groups excluding carboxylic acids is 1. The van der Waals surface area contributed by atoms with Crippen molar-refractivity contribution in [3.8, 4) is 0 Å². The van der Waals surface area contributed by atoms with Gasteiger partial charge in [0.05, 0.1) is 7.11 Å². The van der Waals surface area contributed by atoms with Crippen LogP contribution in [0.25, 0.3) is 0 Å². The Labute approximate surface area is 112 Å². The molecule has 0 unspecified atom stereocenters. The number of hydrogen-bond donors (Lipinski definition) is 0. The van der Waals surface area contributed by atoms with Crippen LogP contribution in [0.4, 0.5) is 5.13 Å². The van der Waals surface area contributed by atoms with Gasteiger partial charge >= 0.3 is 5.97 Å². The molecule has 1 fully saturated rings. The van der Waals surface area contributed by atoms with Crippen molar-refractivity contribution in [2.45, 2.75) is 33.1 Å². The highest BCUT2D eigenvalue weighted by Crippen LogP contribution is 2.31. The van der Waals surface area contributed by atoms with Gasteiger partial charge in [-0.25, -0.2) is 9.78 Å². The molecule has 0 aliphatic heterocycles. The van der Waals surface area contributed by atoms with Crippen LogP contribution in [-0.4, -0.2) is 31.2 Å². The summed E-state index contributed by atoms with van der Waals surface area (Å²) in [6.07, 6.45) is 4.00. The van der Waals surface area contributed by atoms with Crippen molar-refractivity contribution in [2.24, 2.45) is 5.92 Å². The van der Waals surface area contributed by atoms with Crippen molar-refractivity contribution in [3.63, 3.8) is 0 Å². The Hall–Kier alpha value is -1.10. The maximum Gasteiger partial charge on any atom is 0.357 e. The molecule has 1 aliphatic rings. The van der Waals surface area contributed by atoms with E-state index in [0.29, 0.717) is 5.69 Å². The second-order valence-corrected chi connectivity index (χ2v) is 5.91. The summed E-state index contributed by atoms with van der Waals surface area (Å²) < 4.78 is 4.74. The molecule has 100 valence electrons. The van der Waals surface area contributed by atoms with Crippen molar-refractivity contribution in [1.29, 1.82) is 0 Å². The average molecular weight is 268 g/mol. The van der Waals surface area contributed by atoms with E-state index in [4.69, 9.17) is 4.74 Å². The Morgan fingerprint density at radius 3 is 2.78 bits per heavy atom.